The van der Waals surface area contributed by atoms with Crippen LogP contribution in [0.2, 0.25) is 0 Å². The van der Waals surface area contributed by atoms with Crippen molar-refractivity contribution < 1.29 is 26.3 Å². The van der Waals surface area contributed by atoms with Gasteiger partial charge in [0.05, 0.1) is 22.3 Å². The molecule has 11 rings (SSSR count). The number of aromatic nitrogens is 4. The minimum Gasteiger partial charge on any atom is -0.312 e. The number of nitrogens with zero attached hydrogens (tertiary/aromatic N) is 4. The van der Waals surface area contributed by atoms with E-state index in [0.717, 1.165) is 74.3 Å². The van der Waals surface area contributed by atoms with Crippen LogP contribution in [0, 0.1) is 26.0 Å². The van der Waals surface area contributed by atoms with Gasteiger partial charge in [-0.15, -0.1) is 0 Å². The van der Waals surface area contributed by atoms with Crippen molar-refractivity contribution in [2.24, 2.45) is 0 Å². The van der Waals surface area contributed by atoms with Crippen molar-refractivity contribution >= 4 is 22.6 Å². The lowest BCUT2D eigenvalue weighted by Gasteiger charge is -2.24. The Balaban J connectivity index is 1.27. The summed E-state index contributed by atoms with van der Waals surface area (Å²) in [4.78, 5) is 14.8. The molecule has 0 saturated heterocycles. The lowest BCUT2D eigenvalue weighted by molar-refractivity contribution is -0.138. The van der Waals surface area contributed by atoms with E-state index < -0.39 is 23.5 Å². The first kappa shape index (κ1) is 44.9. The van der Waals surface area contributed by atoms with Crippen LogP contribution in [0.4, 0.5) is 26.3 Å². The minimum atomic E-state index is -4.76. The molecular formula is C61H40F6N4. The number of hydrogen-bond acceptors (Lipinski definition) is 3. The highest BCUT2D eigenvalue weighted by Crippen LogP contribution is 2.47. The molecule has 0 saturated carbocycles. The largest absolute Gasteiger partial charge is 0.417 e. The summed E-state index contributed by atoms with van der Waals surface area (Å²) in [5.41, 5.74) is 9.70. The molecule has 0 N–H and O–H groups in total. The standard InChI is InChI=1S/C61H40F6N4/c1-37-19-23-39(24-20-37)43-27-29-54-52(33-43)53-34-44(40-25-21-38(2)22-26-40)28-30-55(53)71(54)56-50(45-15-9-17-48(31-45)60(62,63)64)35-47(36-51(56)46-16-10-18-49(32-46)61(65,66)67)59-69-57(41-11-5-3-6-12-41)68-58(70-59)42-13-7-4-8-14-42/h3-9,11-15,17-27,29,31-36H,28,30H2,1-2H3. The molecule has 0 atom stereocenters. The topological polar surface area (TPSA) is 43.6 Å². The van der Waals surface area contributed by atoms with Crippen LogP contribution in [0.5, 0.6) is 0 Å². The van der Waals surface area contributed by atoms with Gasteiger partial charge in [-0.3, -0.25) is 0 Å². The van der Waals surface area contributed by atoms with E-state index in [0.29, 0.717) is 57.9 Å². The molecule has 4 nitrogen and oxygen atoms in total. The average Bonchev–Trinajstić information content (AvgIpc) is 3.71. The first-order valence-corrected chi connectivity index (χ1v) is 23.0. The molecule has 0 amide bonds. The van der Waals surface area contributed by atoms with Crippen molar-refractivity contribution in [3.8, 4) is 73.2 Å². The smallest absolute Gasteiger partial charge is 0.312 e. The van der Waals surface area contributed by atoms with Crippen LogP contribution in [0.15, 0.2) is 176 Å². The fourth-order valence-corrected chi connectivity index (χ4v) is 9.42. The molecule has 0 bridgehead atoms. The summed E-state index contributed by atoms with van der Waals surface area (Å²) in [6.45, 7) is 4.06. The third kappa shape index (κ3) is 8.76. The zero-order valence-corrected chi connectivity index (χ0v) is 38.3. The number of fused-ring (bicyclic) bond motifs is 3. The number of hydrogen-bond donors (Lipinski definition) is 0. The predicted molar refractivity (Wildman–Crippen MR) is 269 cm³/mol. The molecule has 0 radical (unpaired) electrons. The van der Waals surface area contributed by atoms with Gasteiger partial charge in [-0.25, -0.2) is 15.0 Å². The molecule has 10 aromatic rings. The molecule has 71 heavy (non-hydrogen) atoms. The molecule has 10 heteroatoms. The molecule has 0 unspecified atom stereocenters. The second-order valence-electron chi connectivity index (χ2n) is 17.8. The molecule has 0 aliphatic heterocycles. The van der Waals surface area contributed by atoms with Crippen LogP contribution in [0.1, 0.15) is 45.5 Å². The van der Waals surface area contributed by atoms with Crippen LogP contribution >= 0.6 is 0 Å². The zero-order valence-electron chi connectivity index (χ0n) is 38.3. The fourth-order valence-electron chi connectivity index (χ4n) is 9.42. The molecule has 1 aliphatic rings. The maximum atomic E-state index is 14.8. The van der Waals surface area contributed by atoms with Crippen LogP contribution < -0.4 is 0 Å². The van der Waals surface area contributed by atoms with E-state index >= 15 is 0 Å². The SMILES string of the molecule is Cc1ccc(C2=Cc3c(n(-c4c(-c5c#ccc(C(F)(F)F)c5)cc(-c5nc(-c6ccccc6)nc(-c6ccccc6)n5)cc4-c4cccc(C(F)(F)F)c4)c4ccc(-c5ccc(C)cc5)cc34)CC2)cc1. The van der Waals surface area contributed by atoms with E-state index in [4.69, 9.17) is 15.0 Å². The van der Waals surface area contributed by atoms with Crippen molar-refractivity contribution in [1.29, 1.82) is 0 Å². The van der Waals surface area contributed by atoms with Gasteiger partial charge in [0.1, 0.15) is 0 Å². The highest BCUT2D eigenvalue weighted by molar-refractivity contribution is 6.03. The van der Waals surface area contributed by atoms with Gasteiger partial charge in [-0.05, 0) is 103 Å². The fraction of sp³-hybridized carbons (Fsp3) is 0.0984. The third-order valence-electron chi connectivity index (χ3n) is 13.0. The predicted octanol–water partition coefficient (Wildman–Crippen LogP) is 16.6. The number of aryl methyl sites for hydroxylation is 2. The monoisotopic (exact) mass is 942 g/mol. The summed E-state index contributed by atoms with van der Waals surface area (Å²) in [5, 5.41) is 0.865. The van der Waals surface area contributed by atoms with E-state index in [9.17, 15) is 26.3 Å². The van der Waals surface area contributed by atoms with Crippen molar-refractivity contribution in [3.05, 3.63) is 227 Å². The van der Waals surface area contributed by atoms with Crippen molar-refractivity contribution in [2.75, 3.05) is 0 Å². The van der Waals surface area contributed by atoms with Crippen LogP contribution in [0.3, 0.4) is 0 Å². The maximum Gasteiger partial charge on any atom is 0.417 e. The van der Waals surface area contributed by atoms with Gasteiger partial charge in [0.25, 0.3) is 0 Å². The average molecular weight is 943 g/mol. The number of rotatable bonds is 8. The molecule has 346 valence electrons. The van der Waals surface area contributed by atoms with Crippen LogP contribution in [0.25, 0.3) is 95.8 Å². The molecule has 2 aromatic heterocycles. The Morgan fingerprint density at radius 1 is 0.479 bits per heavy atom. The summed E-state index contributed by atoms with van der Waals surface area (Å²) in [6, 6.07) is 57.1. The lowest BCUT2D eigenvalue weighted by Crippen LogP contribution is -2.10. The number of halogens is 6. The van der Waals surface area contributed by atoms with Crippen molar-refractivity contribution in [1.82, 2.24) is 19.5 Å². The summed E-state index contributed by atoms with van der Waals surface area (Å²) >= 11 is 0. The molecule has 0 fully saturated rings. The van der Waals surface area contributed by atoms with Gasteiger partial charge in [-0.1, -0.05) is 151 Å². The first-order valence-electron chi connectivity index (χ1n) is 23.0. The summed E-state index contributed by atoms with van der Waals surface area (Å²) in [5.74, 6) is 0.805. The van der Waals surface area contributed by atoms with Gasteiger partial charge >= 0.3 is 12.4 Å². The first-order chi connectivity index (χ1) is 34.2. The summed E-state index contributed by atoms with van der Waals surface area (Å²) < 4.78 is 90.7. The molecule has 2 heterocycles. The zero-order chi connectivity index (χ0) is 49.0. The Labute approximate surface area is 406 Å². The highest BCUT2D eigenvalue weighted by Gasteiger charge is 2.34. The second kappa shape index (κ2) is 17.8. The van der Waals surface area contributed by atoms with Crippen molar-refractivity contribution in [2.45, 2.75) is 39.0 Å². The molecular weight excluding hydrogens is 903 g/mol. The van der Waals surface area contributed by atoms with Gasteiger partial charge in [0.2, 0.25) is 0 Å². The van der Waals surface area contributed by atoms with Crippen LogP contribution in [-0.2, 0) is 18.8 Å². The number of benzene rings is 7. The Bertz CT molecular complexity index is 3530. The highest BCUT2D eigenvalue weighted by atomic mass is 19.4. The van der Waals surface area contributed by atoms with E-state index in [-0.39, 0.29) is 22.5 Å². The van der Waals surface area contributed by atoms with Gasteiger partial charge in [0, 0.05) is 56.1 Å². The van der Waals surface area contributed by atoms with Gasteiger partial charge in [0.15, 0.2) is 17.5 Å². The Kier molecular flexibility index (Phi) is 11.2. The Morgan fingerprint density at radius 2 is 1.04 bits per heavy atom. The number of alkyl halides is 6. The Hall–Kier alpha value is -8.55. The minimum absolute atomic E-state index is 0.0177. The second-order valence-corrected chi connectivity index (χ2v) is 17.8. The van der Waals surface area contributed by atoms with E-state index in [2.05, 4.69) is 60.7 Å². The molecule has 1 aliphatic carbocycles. The lowest BCUT2D eigenvalue weighted by atomic mass is 9.89. The van der Waals surface area contributed by atoms with Gasteiger partial charge in [-0.2, -0.15) is 26.3 Å². The third-order valence-corrected chi connectivity index (χ3v) is 13.0. The summed E-state index contributed by atoms with van der Waals surface area (Å²) in [7, 11) is 0. The van der Waals surface area contributed by atoms with Crippen molar-refractivity contribution in [3.63, 3.8) is 0 Å². The quantitative estimate of drug-likeness (QED) is 0.143. The normalized spacial score (nSPS) is 12.6. The number of allylic oxidation sites excluding steroid dienone is 1. The van der Waals surface area contributed by atoms with E-state index in [1.807, 2.05) is 103 Å². The van der Waals surface area contributed by atoms with E-state index in [1.54, 1.807) is 18.2 Å². The summed E-state index contributed by atoms with van der Waals surface area (Å²) in [6.07, 6.45) is -6.19. The molecule has 0 spiro atoms. The Morgan fingerprint density at radius 3 is 1.66 bits per heavy atom. The van der Waals surface area contributed by atoms with Gasteiger partial charge < -0.3 is 4.57 Å². The van der Waals surface area contributed by atoms with Crippen LogP contribution in [-0.4, -0.2) is 19.5 Å². The van der Waals surface area contributed by atoms with E-state index in [1.165, 1.54) is 6.07 Å². The molecule has 8 aromatic carbocycles. The maximum absolute atomic E-state index is 14.8.